The molecule has 1 N–H and O–H groups in total. The number of nitrogens with one attached hydrogen (secondary N) is 1. The van der Waals surface area contributed by atoms with Crippen molar-refractivity contribution in [2.45, 2.75) is 13.5 Å². The SMILES string of the molecule is Cc1ccc(CNc2ccc(F)c(F)c2)o1. The van der Waals surface area contributed by atoms with Crippen LogP contribution in [0.5, 0.6) is 0 Å². The van der Waals surface area contributed by atoms with Gasteiger partial charge < -0.3 is 9.73 Å². The van der Waals surface area contributed by atoms with Crippen LogP contribution in [-0.2, 0) is 6.54 Å². The molecule has 0 aliphatic heterocycles. The largest absolute Gasteiger partial charge is 0.465 e. The van der Waals surface area contributed by atoms with Gasteiger partial charge in [-0.3, -0.25) is 0 Å². The van der Waals surface area contributed by atoms with Crippen molar-refractivity contribution in [3.63, 3.8) is 0 Å². The monoisotopic (exact) mass is 223 g/mol. The molecule has 0 amide bonds. The summed E-state index contributed by atoms with van der Waals surface area (Å²) in [6.45, 7) is 2.29. The normalized spacial score (nSPS) is 10.4. The van der Waals surface area contributed by atoms with Crippen molar-refractivity contribution in [3.05, 3.63) is 53.5 Å². The average molecular weight is 223 g/mol. The summed E-state index contributed by atoms with van der Waals surface area (Å²) in [5.74, 6) is -0.135. The number of anilines is 1. The van der Waals surface area contributed by atoms with Crippen molar-refractivity contribution >= 4 is 5.69 Å². The molecule has 2 rings (SSSR count). The van der Waals surface area contributed by atoms with Crippen LogP contribution in [0, 0.1) is 18.6 Å². The van der Waals surface area contributed by atoms with Gasteiger partial charge in [0.2, 0.25) is 0 Å². The number of benzene rings is 1. The molecule has 4 heteroatoms. The van der Waals surface area contributed by atoms with E-state index >= 15 is 0 Å². The molecule has 2 aromatic rings. The van der Waals surface area contributed by atoms with Crippen LogP contribution >= 0.6 is 0 Å². The minimum absolute atomic E-state index is 0.443. The van der Waals surface area contributed by atoms with Gasteiger partial charge in [-0.2, -0.15) is 0 Å². The third kappa shape index (κ3) is 2.39. The topological polar surface area (TPSA) is 25.2 Å². The van der Waals surface area contributed by atoms with Gasteiger partial charge in [0.25, 0.3) is 0 Å². The molecule has 0 saturated carbocycles. The summed E-state index contributed by atoms with van der Waals surface area (Å²) in [6.07, 6.45) is 0. The van der Waals surface area contributed by atoms with Gasteiger partial charge in [0.1, 0.15) is 11.5 Å². The molecular formula is C12H11F2NO. The van der Waals surface area contributed by atoms with Gasteiger partial charge >= 0.3 is 0 Å². The van der Waals surface area contributed by atoms with Gasteiger partial charge in [0.15, 0.2) is 11.6 Å². The van der Waals surface area contributed by atoms with E-state index in [1.807, 2.05) is 19.1 Å². The summed E-state index contributed by atoms with van der Waals surface area (Å²) >= 11 is 0. The zero-order chi connectivity index (χ0) is 11.5. The first kappa shape index (κ1) is 10.7. The maximum atomic E-state index is 12.9. The fraction of sp³-hybridized carbons (Fsp3) is 0.167. The quantitative estimate of drug-likeness (QED) is 0.861. The molecule has 0 saturated heterocycles. The number of hydrogen-bond acceptors (Lipinski definition) is 2. The van der Waals surface area contributed by atoms with E-state index in [-0.39, 0.29) is 0 Å². The Morgan fingerprint density at radius 3 is 2.56 bits per heavy atom. The maximum Gasteiger partial charge on any atom is 0.160 e. The second-order valence-corrected chi connectivity index (χ2v) is 3.49. The Morgan fingerprint density at radius 1 is 1.12 bits per heavy atom. The molecule has 0 spiro atoms. The van der Waals surface area contributed by atoms with Crippen molar-refractivity contribution in [3.8, 4) is 0 Å². The first-order valence-electron chi connectivity index (χ1n) is 4.89. The highest BCUT2D eigenvalue weighted by molar-refractivity contribution is 5.43. The summed E-state index contributed by atoms with van der Waals surface area (Å²) in [7, 11) is 0. The van der Waals surface area contributed by atoms with Gasteiger partial charge in [0.05, 0.1) is 6.54 Å². The minimum atomic E-state index is -0.861. The second-order valence-electron chi connectivity index (χ2n) is 3.49. The molecule has 0 radical (unpaired) electrons. The van der Waals surface area contributed by atoms with Crippen molar-refractivity contribution in [1.82, 2.24) is 0 Å². The summed E-state index contributed by atoms with van der Waals surface area (Å²) in [4.78, 5) is 0. The second kappa shape index (κ2) is 4.35. The van der Waals surface area contributed by atoms with Gasteiger partial charge in [-0.25, -0.2) is 8.78 Å². The number of rotatable bonds is 3. The molecule has 1 heterocycles. The van der Waals surface area contributed by atoms with Crippen LogP contribution in [0.25, 0.3) is 0 Å². The van der Waals surface area contributed by atoms with Gasteiger partial charge in [-0.1, -0.05) is 0 Å². The molecule has 16 heavy (non-hydrogen) atoms. The van der Waals surface area contributed by atoms with Crippen molar-refractivity contribution in [1.29, 1.82) is 0 Å². The van der Waals surface area contributed by atoms with E-state index < -0.39 is 11.6 Å². The van der Waals surface area contributed by atoms with Crippen LogP contribution in [-0.4, -0.2) is 0 Å². The standard InChI is InChI=1S/C12H11F2NO/c1-8-2-4-10(16-8)7-15-9-3-5-11(13)12(14)6-9/h2-6,15H,7H2,1H3. The number of hydrogen-bond donors (Lipinski definition) is 1. The predicted octanol–water partition coefficient (Wildman–Crippen LogP) is 3.48. The Kier molecular flexibility index (Phi) is 2.90. The van der Waals surface area contributed by atoms with Gasteiger partial charge in [0, 0.05) is 11.8 Å². The molecule has 0 bridgehead atoms. The molecular weight excluding hydrogens is 212 g/mol. The highest BCUT2D eigenvalue weighted by atomic mass is 19.2. The molecule has 2 nitrogen and oxygen atoms in total. The van der Waals surface area contributed by atoms with E-state index in [2.05, 4.69) is 5.32 Å². The van der Waals surface area contributed by atoms with Crippen LogP contribution < -0.4 is 5.32 Å². The lowest BCUT2D eigenvalue weighted by atomic mass is 10.3. The van der Waals surface area contributed by atoms with Crippen LogP contribution in [0.3, 0.4) is 0 Å². The predicted molar refractivity (Wildman–Crippen MR) is 57.1 cm³/mol. The molecule has 1 aromatic carbocycles. The lowest BCUT2D eigenvalue weighted by Gasteiger charge is -2.04. The van der Waals surface area contributed by atoms with E-state index in [1.54, 1.807) is 0 Å². The number of aryl methyl sites for hydroxylation is 1. The molecule has 0 aliphatic carbocycles. The van der Waals surface area contributed by atoms with E-state index in [0.717, 1.165) is 23.7 Å². The summed E-state index contributed by atoms with van der Waals surface area (Å²) in [6, 6.07) is 7.37. The fourth-order valence-corrected chi connectivity index (χ4v) is 1.38. The Morgan fingerprint density at radius 2 is 1.94 bits per heavy atom. The molecule has 1 aromatic heterocycles. The van der Waals surface area contributed by atoms with E-state index in [1.165, 1.54) is 6.07 Å². The lowest BCUT2D eigenvalue weighted by Crippen LogP contribution is -1.99. The van der Waals surface area contributed by atoms with E-state index in [4.69, 9.17) is 4.42 Å². The Bertz CT molecular complexity index is 494. The van der Waals surface area contributed by atoms with E-state index in [0.29, 0.717) is 12.2 Å². The van der Waals surface area contributed by atoms with Crippen molar-refractivity contribution in [2.75, 3.05) is 5.32 Å². The van der Waals surface area contributed by atoms with Gasteiger partial charge in [-0.15, -0.1) is 0 Å². The van der Waals surface area contributed by atoms with Crippen LogP contribution in [0.4, 0.5) is 14.5 Å². The summed E-state index contributed by atoms with van der Waals surface area (Å²) in [5, 5.41) is 2.94. The van der Waals surface area contributed by atoms with Crippen LogP contribution in [0.1, 0.15) is 11.5 Å². The zero-order valence-electron chi connectivity index (χ0n) is 8.76. The molecule has 0 fully saturated rings. The molecule has 84 valence electrons. The van der Waals surface area contributed by atoms with Gasteiger partial charge in [-0.05, 0) is 31.2 Å². The highest BCUT2D eigenvalue weighted by Crippen LogP contribution is 2.15. The first-order valence-corrected chi connectivity index (χ1v) is 4.89. The smallest absolute Gasteiger partial charge is 0.160 e. The molecule has 0 atom stereocenters. The van der Waals surface area contributed by atoms with E-state index in [9.17, 15) is 8.78 Å². The van der Waals surface area contributed by atoms with Crippen molar-refractivity contribution in [2.24, 2.45) is 0 Å². The third-order valence-electron chi connectivity index (χ3n) is 2.18. The number of furan rings is 1. The van der Waals surface area contributed by atoms with Crippen molar-refractivity contribution < 1.29 is 13.2 Å². The molecule has 0 aliphatic rings. The number of halogens is 2. The Hall–Kier alpha value is -1.84. The molecule has 0 unspecified atom stereocenters. The summed E-state index contributed by atoms with van der Waals surface area (Å²) < 4.78 is 30.8. The minimum Gasteiger partial charge on any atom is -0.465 e. The summed E-state index contributed by atoms with van der Waals surface area (Å²) in [5.41, 5.74) is 0.521. The first-order chi connectivity index (χ1) is 7.65. The maximum absolute atomic E-state index is 12.9. The Balaban J connectivity index is 2.02. The highest BCUT2D eigenvalue weighted by Gasteiger charge is 2.03. The Labute approximate surface area is 91.9 Å². The zero-order valence-corrected chi connectivity index (χ0v) is 8.76. The third-order valence-corrected chi connectivity index (χ3v) is 2.18. The fourth-order valence-electron chi connectivity index (χ4n) is 1.38. The van der Waals surface area contributed by atoms with Crippen LogP contribution in [0.2, 0.25) is 0 Å². The van der Waals surface area contributed by atoms with Crippen LogP contribution in [0.15, 0.2) is 34.7 Å². The lowest BCUT2D eigenvalue weighted by molar-refractivity contribution is 0.490. The average Bonchev–Trinajstić information content (AvgIpc) is 2.66.